The Morgan fingerprint density at radius 3 is 2.54 bits per heavy atom. The van der Waals surface area contributed by atoms with E-state index in [4.69, 9.17) is 5.73 Å². The van der Waals surface area contributed by atoms with Crippen LogP contribution in [0, 0.1) is 19.8 Å². The van der Waals surface area contributed by atoms with Crippen LogP contribution < -0.4 is 5.73 Å². The molecule has 2 nitrogen and oxygen atoms in total. The highest BCUT2D eigenvalue weighted by molar-refractivity contribution is 5.42. The van der Waals surface area contributed by atoms with Crippen molar-refractivity contribution in [2.75, 3.05) is 5.73 Å². The predicted octanol–water partition coefficient (Wildman–Crippen LogP) is 2.48. The van der Waals surface area contributed by atoms with Crippen molar-refractivity contribution >= 4 is 5.82 Å². The number of aromatic nitrogens is 1. The van der Waals surface area contributed by atoms with E-state index in [9.17, 15) is 0 Å². The van der Waals surface area contributed by atoms with Crippen molar-refractivity contribution in [2.45, 2.75) is 34.1 Å². The summed E-state index contributed by atoms with van der Waals surface area (Å²) in [6, 6.07) is 2.15. The van der Waals surface area contributed by atoms with Crippen LogP contribution in [0.3, 0.4) is 0 Å². The first-order chi connectivity index (χ1) is 6.00. The number of aryl methyl sites for hydroxylation is 2. The third-order valence-electron chi connectivity index (χ3n) is 2.18. The summed E-state index contributed by atoms with van der Waals surface area (Å²) in [6.07, 6.45) is 1.08. The molecule has 1 rings (SSSR count). The first-order valence-electron chi connectivity index (χ1n) is 4.73. The summed E-state index contributed by atoms with van der Waals surface area (Å²) >= 11 is 0. The van der Waals surface area contributed by atoms with Crippen molar-refractivity contribution in [2.24, 2.45) is 5.92 Å². The highest BCUT2D eigenvalue weighted by Crippen LogP contribution is 2.16. The van der Waals surface area contributed by atoms with Crippen molar-refractivity contribution in [1.82, 2.24) is 4.98 Å². The van der Waals surface area contributed by atoms with E-state index in [1.165, 1.54) is 5.56 Å². The lowest BCUT2D eigenvalue weighted by Crippen LogP contribution is -2.03. The summed E-state index contributed by atoms with van der Waals surface area (Å²) in [4.78, 5) is 4.30. The molecule has 2 heteroatoms. The molecule has 72 valence electrons. The van der Waals surface area contributed by atoms with Crippen LogP contribution in [0.4, 0.5) is 5.82 Å². The van der Waals surface area contributed by atoms with Gasteiger partial charge in [-0.2, -0.15) is 0 Å². The quantitative estimate of drug-likeness (QED) is 0.755. The lowest BCUT2D eigenvalue weighted by molar-refractivity contribution is 0.642. The van der Waals surface area contributed by atoms with Crippen LogP contribution in [0.2, 0.25) is 0 Å². The second kappa shape index (κ2) is 3.77. The maximum atomic E-state index is 5.71. The van der Waals surface area contributed by atoms with E-state index in [1.807, 2.05) is 13.8 Å². The van der Waals surface area contributed by atoms with Gasteiger partial charge in [-0.1, -0.05) is 19.9 Å². The molecule has 0 saturated heterocycles. The van der Waals surface area contributed by atoms with Crippen LogP contribution in [-0.2, 0) is 6.42 Å². The number of hydrogen-bond donors (Lipinski definition) is 1. The number of nitrogens with zero attached hydrogens (tertiary/aromatic N) is 1. The molecule has 0 aliphatic heterocycles. The molecule has 0 spiro atoms. The van der Waals surface area contributed by atoms with Gasteiger partial charge >= 0.3 is 0 Å². The van der Waals surface area contributed by atoms with E-state index in [0.29, 0.717) is 11.7 Å². The van der Waals surface area contributed by atoms with E-state index in [2.05, 4.69) is 24.9 Å². The minimum absolute atomic E-state index is 0.657. The second-order valence-electron chi connectivity index (χ2n) is 4.03. The molecule has 0 saturated carbocycles. The molecule has 0 aliphatic carbocycles. The van der Waals surface area contributed by atoms with Gasteiger partial charge in [-0.3, -0.25) is 0 Å². The maximum absolute atomic E-state index is 5.71. The Bertz CT molecular complexity index is 303. The van der Waals surface area contributed by atoms with Crippen LogP contribution in [0.15, 0.2) is 6.07 Å². The number of anilines is 1. The average Bonchev–Trinajstić information content (AvgIpc) is 1.99. The van der Waals surface area contributed by atoms with E-state index < -0.39 is 0 Å². The number of hydrogen-bond acceptors (Lipinski definition) is 2. The minimum Gasteiger partial charge on any atom is -0.383 e. The van der Waals surface area contributed by atoms with Crippen molar-refractivity contribution in [3.8, 4) is 0 Å². The number of nitrogen functional groups attached to an aromatic ring is 1. The lowest BCUT2D eigenvalue weighted by Gasteiger charge is -2.10. The Hall–Kier alpha value is -1.05. The summed E-state index contributed by atoms with van der Waals surface area (Å²) in [5.74, 6) is 1.33. The van der Waals surface area contributed by atoms with Crippen molar-refractivity contribution in [1.29, 1.82) is 0 Å². The van der Waals surface area contributed by atoms with Gasteiger partial charge in [-0.05, 0) is 37.3 Å². The molecule has 0 aliphatic rings. The fourth-order valence-electron chi connectivity index (χ4n) is 1.43. The topological polar surface area (TPSA) is 38.9 Å². The molecule has 13 heavy (non-hydrogen) atoms. The first kappa shape index (κ1) is 10.0. The summed E-state index contributed by atoms with van der Waals surface area (Å²) in [5, 5.41) is 0. The summed E-state index contributed by atoms with van der Waals surface area (Å²) in [6.45, 7) is 8.45. The summed E-state index contributed by atoms with van der Waals surface area (Å²) in [7, 11) is 0. The molecule has 0 radical (unpaired) electrons. The Kier molecular flexibility index (Phi) is 2.91. The zero-order valence-electron chi connectivity index (χ0n) is 8.89. The lowest BCUT2D eigenvalue weighted by atomic mass is 10.0. The molecule has 0 atom stereocenters. The van der Waals surface area contributed by atoms with Crippen LogP contribution in [0.25, 0.3) is 0 Å². The van der Waals surface area contributed by atoms with Crippen molar-refractivity contribution in [3.63, 3.8) is 0 Å². The molecule has 0 fully saturated rings. The molecule has 2 N–H and O–H groups in total. The fourth-order valence-corrected chi connectivity index (χ4v) is 1.43. The third kappa shape index (κ3) is 2.44. The second-order valence-corrected chi connectivity index (χ2v) is 4.03. The zero-order valence-corrected chi connectivity index (χ0v) is 8.89. The molecule has 0 aromatic carbocycles. The molecule has 1 aromatic rings. The maximum Gasteiger partial charge on any atom is 0.126 e. The minimum atomic E-state index is 0.657. The normalized spacial score (nSPS) is 10.8. The molecule has 0 bridgehead atoms. The van der Waals surface area contributed by atoms with E-state index >= 15 is 0 Å². The predicted molar refractivity (Wildman–Crippen MR) is 56.7 cm³/mol. The van der Waals surface area contributed by atoms with E-state index in [1.54, 1.807) is 0 Å². The van der Waals surface area contributed by atoms with Crippen molar-refractivity contribution < 1.29 is 0 Å². The van der Waals surface area contributed by atoms with E-state index in [0.717, 1.165) is 17.7 Å². The zero-order chi connectivity index (χ0) is 10.0. The van der Waals surface area contributed by atoms with Gasteiger partial charge in [0.1, 0.15) is 5.82 Å². The van der Waals surface area contributed by atoms with Gasteiger partial charge in [-0.25, -0.2) is 4.98 Å². The van der Waals surface area contributed by atoms with Gasteiger partial charge in [-0.15, -0.1) is 0 Å². The standard InChI is InChI=1S/C11H18N2/c1-7(2)5-10-6-8(3)11(12)13-9(10)4/h6-7H,5H2,1-4H3,(H2,12,13). The Labute approximate surface area is 80.2 Å². The van der Waals surface area contributed by atoms with Crippen LogP contribution >= 0.6 is 0 Å². The molecule has 1 heterocycles. The molecular weight excluding hydrogens is 160 g/mol. The monoisotopic (exact) mass is 178 g/mol. The number of nitrogens with two attached hydrogens (primary N) is 1. The van der Waals surface area contributed by atoms with E-state index in [-0.39, 0.29) is 0 Å². The van der Waals surface area contributed by atoms with Gasteiger partial charge < -0.3 is 5.73 Å². The van der Waals surface area contributed by atoms with Gasteiger partial charge in [0.2, 0.25) is 0 Å². The van der Waals surface area contributed by atoms with Crippen LogP contribution in [-0.4, -0.2) is 4.98 Å². The van der Waals surface area contributed by atoms with Crippen molar-refractivity contribution in [3.05, 3.63) is 22.9 Å². The highest BCUT2D eigenvalue weighted by Gasteiger charge is 2.05. The SMILES string of the molecule is Cc1cc(CC(C)C)c(C)nc1N. The molecule has 0 unspecified atom stereocenters. The third-order valence-corrected chi connectivity index (χ3v) is 2.18. The van der Waals surface area contributed by atoms with Crippen LogP contribution in [0.5, 0.6) is 0 Å². The Morgan fingerprint density at radius 1 is 1.38 bits per heavy atom. The average molecular weight is 178 g/mol. The summed E-state index contributed by atoms with van der Waals surface area (Å²) in [5.41, 5.74) is 9.18. The Balaban J connectivity index is 3.01. The van der Waals surface area contributed by atoms with Crippen LogP contribution in [0.1, 0.15) is 30.7 Å². The smallest absolute Gasteiger partial charge is 0.126 e. The van der Waals surface area contributed by atoms with Gasteiger partial charge in [0, 0.05) is 5.69 Å². The highest BCUT2D eigenvalue weighted by atomic mass is 14.8. The fraction of sp³-hybridized carbons (Fsp3) is 0.545. The van der Waals surface area contributed by atoms with Gasteiger partial charge in [0.15, 0.2) is 0 Å². The van der Waals surface area contributed by atoms with Gasteiger partial charge in [0.25, 0.3) is 0 Å². The Morgan fingerprint density at radius 2 is 2.00 bits per heavy atom. The molecule has 1 aromatic heterocycles. The summed E-state index contributed by atoms with van der Waals surface area (Å²) < 4.78 is 0. The molecular formula is C11H18N2. The van der Waals surface area contributed by atoms with Gasteiger partial charge in [0.05, 0.1) is 0 Å². The first-order valence-corrected chi connectivity index (χ1v) is 4.73. The molecule has 0 amide bonds. The number of pyridine rings is 1. The number of rotatable bonds is 2. The largest absolute Gasteiger partial charge is 0.383 e.